The van der Waals surface area contributed by atoms with Gasteiger partial charge in [0.2, 0.25) is 0 Å². The third kappa shape index (κ3) is 2.36. The molecule has 0 aliphatic carbocycles. The number of aryl methyl sites for hydroxylation is 1. The van der Waals surface area contributed by atoms with Crippen LogP contribution in [-0.2, 0) is 13.6 Å². The number of aromatic nitrogens is 2. The lowest BCUT2D eigenvalue weighted by atomic mass is 10.2. The summed E-state index contributed by atoms with van der Waals surface area (Å²) in [6.45, 7) is 0.566. The molecule has 0 radical (unpaired) electrons. The molecule has 0 spiro atoms. The minimum absolute atomic E-state index is 0.277. The first-order valence-corrected chi connectivity index (χ1v) is 5.65. The van der Waals surface area contributed by atoms with Crippen molar-refractivity contribution in [2.24, 2.45) is 7.05 Å². The summed E-state index contributed by atoms with van der Waals surface area (Å²) in [7, 11) is 1.86. The first-order chi connectivity index (χ1) is 7.66. The van der Waals surface area contributed by atoms with Crippen molar-refractivity contribution in [2.45, 2.75) is 6.54 Å². The quantitative estimate of drug-likeness (QED) is 0.909. The minimum Gasteiger partial charge on any atom is -0.506 e. The van der Waals surface area contributed by atoms with Gasteiger partial charge in [-0.25, -0.2) is 0 Å². The van der Waals surface area contributed by atoms with Crippen LogP contribution in [0.1, 0.15) is 5.56 Å². The van der Waals surface area contributed by atoms with Crippen molar-refractivity contribution in [3.05, 3.63) is 40.6 Å². The van der Waals surface area contributed by atoms with Crippen molar-refractivity contribution >= 4 is 21.6 Å². The van der Waals surface area contributed by atoms with Crippen LogP contribution in [0.5, 0.6) is 5.75 Å². The van der Waals surface area contributed by atoms with E-state index < -0.39 is 0 Å². The van der Waals surface area contributed by atoms with Gasteiger partial charge in [-0.05, 0) is 22.0 Å². The van der Waals surface area contributed by atoms with Gasteiger partial charge in [0.05, 0.1) is 16.4 Å². The van der Waals surface area contributed by atoms with Gasteiger partial charge in [-0.1, -0.05) is 12.1 Å². The molecule has 1 aromatic heterocycles. The van der Waals surface area contributed by atoms with Crippen LogP contribution in [0.25, 0.3) is 0 Å². The van der Waals surface area contributed by atoms with E-state index in [0.717, 1.165) is 11.3 Å². The number of aromatic hydroxyl groups is 1. The number of phenols is 1. The summed E-state index contributed by atoms with van der Waals surface area (Å²) in [6.07, 6.45) is 3.63. The predicted octanol–water partition coefficient (Wildman–Crippen LogP) is 2.50. The van der Waals surface area contributed by atoms with Gasteiger partial charge < -0.3 is 10.4 Å². The molecule has 0 atom stereocenters. The average molecular weight is 282 g/mol. The van der Waals surface area contributed by atoms with Gasteiger partial charge in [-0.3, -0.25) is 4.68 Å². The fourth-order valence-electron chi connectivity index (χ4n) is 1.41. The Morgan fingerprint density at radius 3 is 3.00 bits per heavy atom. The molecule has 0 saturated carbocycles. The predicted molar refractivity (Wildman–Crippen MR) is 66.3 cm³/mol. The van der Waals surface area contributed by atoms with Crippen molar-refractivity contribution in [1.29, 1.82) is 0 Å². The lowest BCUT2D eigenvalue weighted by Crippen LogP contribution is -1.98. The van der Waals surface area contributed by atoms with Crippen LogP contribution >= 0.6 is 15.9 Å². The average Bonchev–Trinajstić information content (AvgIpc) is 2.67. The van der Waals surface area contributed by atoms with Crippen LogP contribution in [0.15, 0.2) is 35.1 Å². The van der Waals surface area contributed by atoms with E-state index in [4.69, 9.17) is 0 Å². The van der Waals surface area contributed by atoms with Crippen molar-refractivity contribution in [3.63, 3.8) is 0 Å². The van der Waals surface area contributed by atoms with E-state index in [1.807, 2.05) is 31.4 Å². The summed E-state index contributed by atoms with van der Waals surface area (Å²) in [4.78, 5) is 0. The van der Waals surface area contributed by atoms with E-state index in [1.165, 1.54) is 0 Å². The largest absolute Gasteiger partial charge is 0.506 e. The van der Waals surface area contributed by atoms with E-state index in [2.05, 4.69) is 26.3 Å². The number of rotatable bonds is 3. The van der Waals surface area contributed by atoms with E-state index in [1.54, 1.807) is 10.9 Å². The zero-order valence-electron chi connectivity index (χ0n) is 8.81. The zero-order valence-corrected chi connectivity index (χ0v) is 10.4. The normalized spacial score (nSPS) is 10.4. The molecule has 0 aliphatic rings. The number of nitrogens with zero attached hydrogens (tertiary/aromatic N) is 2. The molecule has 2 rings (SSSR count). The lowest BCUT2D eigenvalue weighted by Gasteiger charge is -2.07. The highest BCUT2D eigenvalue weighted by atomic mass is 79.9. The van der Waals surface area contributed by atoms with Gasteiger partial charge in [-0.15, -0.1) is 0 Å². The molecule has 0 fully saturated rings. The molecule has 0 amide bonds. The first-order valence-electron chi connectivity index (χ1n) is 4.85. The van der Waals surface area contributed by atoms with Crippen molar-refractivity contribution in [1.82, 2.24) is 9.78 Å². The van der Waals surface area contributed by atoms with Crippen LogP contribution in [0.3, 0.4) is 0 Å². The van der Waals surface area contributed by atoms with E-state index in [9.17, 15) is 5.11 Å². The Balaban J connectivity index is 2.07. The second-order valence-corrected chi connectivity index (χ2v) is 4.36. The number of benzene rings is 1. The Morgan fingerprint density at radius 1 is 1.50 bits per heavy atom. The topological polar surface area (TPSA) is 50.1 Å². The highest BCUT2D eigenvalue weighted by molar-refractivity contribution is 9.10. The van der Waals surface area contributed by atoms with Crippen molar-refractivity contribution in [3.8, 4) is 5.75 Å². The Kier molecular flexibility index (Phi) is 3.14. The monoisotopic (exact) mass is 281 g/mol. The first kappa shape index (κ1) is 11.0. The molecule has 0 saturated heterocycles. The number of hydrogen-bond donors (Lipinski definition) is 2. The van der Waals surface area contributed by atoms with Gasteiger partial charge in [0.15, 0.2) is 0 Å². The third-order valence-corrected chi connectivity index (χ3v) is 2.90. The fourth-order valence-corrected chi connectivity index (χ4v) is 1.82. The fraction of sp³-hybridized carbons (Fsp3) is 0.182. The number of para-hydroxylation sites is 1. The molecular weight excluding hydrogens is 270 g/mol. The smallest absolute Gasteiger partial charge is 0.134 e. The van der Waals surface area contributed by atoms with Gasteiger partial charge in [-0.2, -0.15) is 5.10 Å². The van der Waals surface area contributed by atoms with E-state index in [0.29, 0.717) is 11.0 Å². The summed E-state index contributed by atoms with van der Waals surface area (Å²) >= 11 is 3.28. The molecule has 0 aliphatic heterocycles. The maximum absolute atomic E-state index is 9.77. The van der Waals surface area contributed by atoms with Crippen LogP contribution in [-0.4, -0.2) is 14.9 Å². The maximum atomic E-state index is 9.77. The summed E-state index contributed by atoms with van der Waals surface area (Å²) in [5, 5.41) is 17.0. The molecule has 5 heteroatoms. The Hall–Kier alpha value is -1.49. The van der Waals surface area contributed by atoms with Crippen LogP contribution < -0.4 is 5.32 Å². The number of phenolic OH excluding ortho intramolecular Hbond substituents is 1. The highest BCUT2D eigenvalue weighted by Gasteiger charge is 2.04. The third-order valence-electron chi connectivity index (χ3n) is 2.26. The van der Waals surface area contributed by atoms with Gasteiger partial charge in [0.1, 0.15) is 5.75 Å². The SMILES string of the molecule is Cn1cc(NCc2cccc(Br)c2O)cn1. The van der Waals surface area contributed by atoms with Gasteiger partial charge in [0.25, 0.3) is 0 Å². The van der Waals surface area contributed by atoms with Gasteiger partial charge in [0, 0.05) is 25.4 Å². The minimum atomic E-state index is 0.277. The summed E-state index contributed by atoms with van der Waals surface area (Å²) in [5.74, 6) is 0.277. The molecule has 2 aromatic rings. The van der Waals surface area contributed by atoms with E-state index >= 15 is 0 Å². The summed E-state index contributed by atoms with van der Waals surface area (Å²) in [6, 6.07) is 5.58. The second-order valence-electron chi connectivity index (χ2n) is 3.50. The molecule has 2 N–H and O–H groups in total. The number of halogens is 1. The molecule has 1 aromatic carbocycles. The Bertz CT molecular complexity index is 496. The second kappa shape index (κ2) is 4.57. The van der Waals surface area contributed by atoms with Crippen LogP contribution in [0, 0.1) is 0 Å². The molecular formula is C11H12BrN3O. The molecule has 4 nitrogen and oxygen atoms in total. The van der Waals surface area contributed by atoms with Gasteiger partial charge >= 0.3 is 0 Å². The molecule has 0 bridgehead atoms. The number of hydrogen-bond acceptors (Lipinski definition) is 3. The van der Waals surface area contributed by atoms with Crippen molar-refractivity contribution < 1.29 is 5.11 Å². The molecule has 84 valence electrons. The highest BCUT2D eigenvalue weighted by Crippen LogP contribution is 2.27. The molecule has 0 unspecified atom stereocenters. The maximum Gasteiger partial charge on any atom is 0.134 e. The lowest BCUT2D eigenvalue weighted by molar-refractivity contribution is 0.465. The van der Waals surface area contributed by atoms with E-state index in [-0.39, 0.29) is 5.75 Å². The summed E-state index contributed by atoms with van der Waals surface area (Å²) in [5.41, 5.74) is 1.78. The number of anilines is 1. The Labute approximate surface area is 102 Å². The van der Waals surface area contributed by atoms with Crippen LogP contribution in [0.2, 0.25) is 0 Å². The van der Waals surface area contributed by atoms with Crippen molar-refractivity contribution in [2.75, 3.05) is 5.32 Å². The summed E-state index contributed by atoms with van der Waals surface area (Å²) < 4.78 is 2.43. The van der Waals surface area contributed by atoms with Crippen LogP contribution in [0.4, 0.5) is 5.69 Å². The Morgan fingerprint density at radius 2 is 2.31 bits per heavy atom. The zero-order chi connectivity index (χ0) is 11.5. The molecule has 1 heterocycles. The standard InChI is InChI=1S/C11H12BrN3O/c1-15-7-9(6-14-15)13-5-8-3-2-4-10(12)11(8)16/h2-4,6-7,13,16H,5H2,1H3. The number of nitrogens with one attached hydrogen (secondary N) is 1. The molecule has 16 heavy (non-hydrogen) atoms.